The number of H-pyrrole nitrogens is 1. The SMILES string of the molecule is Cc1n[nH]c(C)c1C(NC(=O)c1cc(-c2ccccc2)nc2ccccc12)C(=O)O. The number of aliphatic carboxylic acids is 1. The van der Waals surface area contributed by atoms with Gasteiger partial charge < -0.3 is 10.4 Å². The zero-order valence-corrected chi connectivity index (χ0v) is 16.5. The first-order valence-corrected chi connectivity index (χ1v) is 9.46. The summed E-state index contributed by atoms with van der Waals surface area (Å²) in [5.41, 5.74) is 4.12. The number of aromatic amines is 1. The van der Waals surface area contributed by atoms with Crippen LogP contribution in [0.1, 0.15) is 33.4 Å². The predicted molar refractivity (Wildman–Crippen MR) is 113 cm³/mol. The van der Waals surface area contributed by atoms with Crippen LogP contribution in [0, 0.1) is 13.8 Å². The normalized spacial score (nSPS) is 11.9. The first-order chi connectivity index (χ1) is 14.5. The van der Waals surface area contributed by atoms with Crippen molar-refractivity contribution in [1.29, 1.82) is 0 Å². The number of carbonyl (C=O) groups is 2. The molecule has 1 atom stereocenters. The van der Waals surface area contributed by atoms with Crippen LogP contribution in [0.25, 0.3) is 22.2 Å². The number of pyridine rings is 1. The lowest BCUT2D eigenvalue weighted by Gasteiger charge is -2.16. The molecule has 7 heteroatoms. The minimum absolute atomic E-state index is 0.365. The Kier molecular flexibility index (Phi) is 5.02. The largest absolute Gasteiger partial charge is 0.479 e. The van der Waals surface area contributed by atoms with Crippen LogP contribution in [0.15, 0.2) is 60.7 Å². The van der Waals surface area contributed by atoms with Crippen molar-refractivity contribution in [3.63, 3.8) is 0 Å². The first-order valence-electron chi connectivity index (χ1n) is 9.46. The van der Waals surface area contributed by atoms with Gasteiger partial charge in [-0.05, 0) is 26.0 Å². The summed E-state index contributed by atoms with van der Waals surface area (Å²) in [4.78, 5) is 29.9. The molecular weight excluding hydrogens is 380 g/mol. The second-order valence-electron chi connectivity index (χ2n) is 7.03. The van der Waals surface area contributed by atoms with E-state index in [0.717, 1.165) is 5.56 Å². The highest BCUT2D eigenvalue weighted by Crippen LogP contribution is 2.26. The van der Waals surface area contributed by atoms with Crippen molar-refractivity contribution in [3.8, 4) is 11.3 Å². The number of carboxylic acids is 1. The highest BCUT2D eigenvalue weighted by atomic mass is 16.4. The van der Waals surface area contributed by atoms with Crippen molar-refractivity contribution < 1.29 is 14.7 Å². The topological polar surface area (TPSA) is 108 Å². The van der Waals surface area contributed by atoms with Gasteiger partial charge in [-0.3, -0.25) is 9.89 Å². The quantitative estimate of drug-likeness (QED) is 0.472. The third-order valence-corrected chi connectivity index (χ3v) is 5.03. The fourth-order valence-electron chi connectivity index (χ4n) is 3.57. The summed E-state index contributed by atoms with van der Waals surface area (Å²) in [6.45, 7) is 3.43. The molecule has 3 N–H and O–H groups in total. The van der Waals surface area contributed by atoms with Gasteiger partial charge in [0.1, 0.15) is 0 Å². The van der Waals surface area contributed by atoms with E-state index in [1.807, 2.05) is 48.5 Å². The highest BCUT2D eigenvalue weighted by Gasteiger charge is 2.28. The number of nitrogens with zero attached hydrogens (tertiary/aromatic N) is 2. The third-order valence-electron chi connectivity index (χ3n) is 5.03. The van der Waals surface area contributed by atoms with Crippen molar-refractivity contribution in [2.75, 3.05) is 0 Å². The molecule has 150 valence electrons. The molecule has 2 aromatic carbocycles. The van der Waals surface area contributed by atoms with Gasteiger partial charge in [0.25, 0.3) is 5.91 Å². The maximum atomic E-state index is 13.2. The van der Waals surface area contributed by atoms with Crippen molar-refractivity contribution in [2.24, 2.45) is 0 Å². The summed E-state index contributed by atoms with van der Waals surface area (Å²) in [5, 5.41) is 19.9. The van der Waals surface area contributed by atoms with Crippen molar-refractivity contribution >= 4 is 22.8 Å². The molecule has 0 aliphatic carbocycles. The molecule has 0 aliphatic rings. The Bertz CT molecular complexity index is 1230. The number of nitrogens with one attached hydrogen (secondary N) is 2. The van der Waals surface area contributed by atoms with Crippen LogP contribution < -0.4 is 5.32 Å². The lowest BCUT2D eigenvalue weighted by Crippen LogP contribution is -2.34. The highest BCUT2D eigenvalue weighted by molar-refractivity contribution is 6.08. The Morgan fingerprint density at radius 3 is 2.40 bits per heavy atom. The van der Waals surface area contributed by atoms with Gasteiger partial charge in [-0.1, -0.05) is 48.5 Å². The third kappa shape index (κ3) is 3.53. The van der Waals surface area contributed by atoms with Crippen LogP contribution in [-0.4, -0.2) is 32.2 Å². The monoisotopic (exact) mass is 400 g/mol. The molecule has 4 aromatic rings. The molecule has 1 unspecified atom stereocenters. The fraction of sp³-hybridized carbons (Fsp3) is 0.130. The van der Waals surface area contributed by atoms with Crippen LogP contribution in [0.4, 0.5) is 0 Å². The molecule has 0 fully saturated rings. The number of hydrogen-bond donors (Lipinski definition) is 3. The van der Waals surface area contributed by atoms with Gasteiger partial charge in [0.2, 0.25) is 0 Å². The number of carbonyl (C=O) groups excluding carboxylic acids is 1. The van der Waals surface area contributed by atoms with E-state index in [0.29, 0.717) is 39.1 Å². The van der Waals surface area contributed by atoms with Crippen molar-refractivity contribution in [1.82, 2.24) is 20.5 Å². The summed E-state index contributed by atoms with van der Waals surface area (Å²) in [6, 6.07) is 17.3. The molecule has 30 heavy (non-hydrogen) atoms. The van der Waals surface area contributed by atoms with Gasteiger partial charge in [0, 0.05) is 22.2 Å². The zero-order valence-electron chi connectivity index (χ0n) is 16.5. The van der Waals surface area contributed by atoms with Gasteiger partial charge in [0.15, 0.2) is 6.04 Å². The summed E-state index contributed by atoms with van der Waals surface area (Å²) in [5.74, 6) is -1.64. The molecular formula is C23H20N4O3. The van der Waals surface area contributed by atoms with Crippen LogP contribution in [0.5, 0.6) is 0 Å². The Hall–Kier alpha value is -4.00. The molecule has 0 aliphatic heterocycles. The fourth-order valence-corrected chi connectivity index (χ4v) is 3.57. The molecule has 7 nitrogen and oxygen atoms in total. The molecule has 2 heterocycles. The molecule has 0 spiro atoms. The Morgan fingerprint density at radius 1 is 1.03 bits per heavy atom. The van der Waals surface area contributed by atoms with Crippen molar-refractivity contribution in [3.05, 3.63) is 83.2 Å². The number of aryl methyl sites for hydroxylation is 2. The van der Waals surface area contributed by atoms with E-state index >= 15 is 0 Å². The number of rotatable bonds is 5. The molecule has 0 radical (unpaired) electrons. The maximum absolute atomic E-state index is 13.2. The maximum Gasteiger partial charge on any atom is 0.331 e. The van der Waals surface area contributed by atoms with Crippen LogP contribution in [-0.2, 0) is 4.79 Å². The molecule has 0 saturated heterocycles. The molecule has 4 rings (SSSR count). The van der Waals surface area contributed by atoms with Gasteiger partial charge in [-0.2, -0.15) is 5.10 Å². The van der Waals surface area contributed by atoms with E-state index in [9.17, 15) is 14.7 Å². The molecule has 0 bridgehead atoms. The summed E-state index contributed by atoms with van der Waals surface area (Å²) in [6.07, 6.45) is 0. The van der Waals surface area contributed by atoms with E-state index in [1.165, 1.54) is 0 Å². The summed E-state index contributed by atoms with van der Waals surface area (Å²) < 4.78 is 0. The van der Waals surface area contributed by atoms with Crippen LogP contribution in [0.3, 0.4) is 0 Å². The number of para-hydroxylation sites is 1. The lowest BCUT2D eigenvalue weighted by molar-refractivity contribution is -0.139. The van der Waals surface area contributed by atoms with E-state index in [-0.39, 0.29) is 0 Å². The van der Waals surface area contributed by atoms with Gasteiger partial charge in [0.05, 0.1) is 22.5 Å². The Morgan fingerprint density at radius 2 is 1.73 bits per heavy atom. The minimum atomic E-state index is -1.22. The predicted octanol–water partition coefficient (Wildman–Crippen LogP) is 3.80. The number of carboxylic acid groups (broad SMARTS) is 1. The number of benzene rings is 2. The standard InChI is InChI=1S/C23H20N4O3/c1-13-20(14(2)27-26-13)21(23(29)30)25-22(28)17-12-19(15-8-4-3-5-9-15)24-18-11-7-6-10-16(17)18/h3-12,21H,1-2H3,(H,25,28)(H,26,27)(H,29,30). The van der Waals surface area contributed by atoms with Gasteiger partial charge in [-0.25, -0.2) is 9.78 Å². The number of amides is 1. The van der Waals surface area contributed by atoms with Gasteiger partial charge >= 0.3 is 5.97 Å². The Balaban J connectivity index is 1.80. The first kappa shape index (κ1) is 19.3. The van der Waals surface area contributed by atoms with E-state index in [4.69, 9.17) is 0 Å². The smallest absolute Gasteiger partial charge is 0.331 e. The zero-order chi connectivity index (χ0) is 21.3. The summed E-state index contributed by atoms with van der Waals surface area (Å²) >= 11 is 0. The molecule has 0 saturated carbocycles. The average molecular weight is 400 g/mol. The van der Waals surface area contributed by atoms with E-state index < -0.39 is 17.9 Å². The van der Waals surface area contributed by atoms with E-state index in [2.05, 4.69) is 20.5 Å². The summed E-state index contributed by atoms with van der Waals surface area (Å²) in [7, 11) is 0. The second-order valence-corrected chi connectivity index (χ2v) is 7.03. The second kappa shape index (κ2) is 7.79. The van der Waals surface area contributed by atoms with Crippen LogP contribution >= 0.6 is 0 Å². The lowest BCUT2D eigenvalue weighted by atomic mass is 10.0. The number of aromatic nitrogens is 3. The van der Waals surface area contributed by atoms with Crippen LogP contribution in [0.2, 0.25) is 0 Å². The molecule has 2 aromatic heterocycles. The minimum Gasteiger partial charge on any atom is -0.479 e. The van der Waals surface area contributed by atoms with Gasteiger partial charge in [-0.15, -0.1) is 0 Å². The number of fused-ring (bicyclic) bond motifs is 1. The average Bonchev–Trinajstić information content (AvgIpc) is 3.09. The van der Waals surface area contributed by atoms with E-state index in [1.54, 1.807) is 26.0 Å². The number of hydrogen-bond acceptors (Lipinski definition) is 4. The van der Waals surface area contributed by atoms with Crippen molar-refractivity contribution in [2.45, 2.75) is 19.9 Å². The Labute approximate surface area is 172 Å². The molecule has 1 amide bonds.